The summed E-state index contributed by atoms with van der Waals surface area (Å²) in [6, 6.07) is 5.07. The van der Waals surface area contributed by atoms with Crippen LogP contribution in [0.1, 0.15) is 44.5 Å². The molecule has 8 heteroatoms. The molecule has 0 fully saturated rings. The number of aromatic nitrogens is 2. The van der Waals surface area contributed by atoms with Crippen molar-refractivity contribution in [2.75, 3.05) is 17.7 Å². The minimum atomic E-state index is -0.577. The number of rotatable bonds is 1. The molecule has 0 saturated carbocycles. The maximum absolute atomic E-state index is 12.6. The molecule has 0 saturated heterocycles. The summed E-state index contributed by atoms with van der Waals surface area (Å²) in [7, 11) is 1.30. The number of hydrogen-bond donors (Lipinski definition) is 4. The molecule has 2 amide bonds. The summed E-state index contributed by atoms with van der Waals surface area (Å²) in [5.74, 6) is 0.540. The van der Waals surface area contributed by atoms with Crippen molar-refractivity contribution >= 4 is 23.4 Å². The van der Waals surface area contributed by atoms with Gasteiger partial charge in [0.05, 0.1) is 24.5 Å². The number of carbonyl (C=O) groups excluding carboxylic acids is 2. The minimum Gasteiger partial charge on any atom is -0.453 e. The van der Waals surface area contributed by atoms with Crippen molar-refractivity contribution in [2.24, 2.45) is 11.7 Å². The van der Waals surface area contributed by atoms with Crippen molar-refractivity contribution < 1.29 is 14.3 Å². The zero-order valence-corrected chi connectivity index (χ0v) is 15.5. The molecule has 27 heavy (non-hydrogen) atoms. The van der Waals surface area contributed by atoms with Gasteiger partial charge < -0.3 is 20.8 Å². The normalized spacial score (nSPS) is 20.3. The Bertz CT molecular complexity index is 833. The molecule has 8 nitrogen and oxygen atoms in total. The molecule has 5 N–H and O–H groups in total. The maximum Gasteiger partial charge on any atom is 0.411 e. The first-order valence-electron chi connectivity index (χ1n) is 9.09. The zero-order chi connectivity index (χ0) is 19.4. The van der Waals surface area contributed by atoms with Gasteiger partial charge in [-0.1, -0.05) is 19.8 Å². The van der Waals surface area contributed by atoms with Crippen LogP contribution in [0.2, 0.25) is 0 Å². The number of carbonyl (C=O) groups is 2. The minimum absolute atomic E-state index is 0.0641. The number of nitrogens with zero attached hydrogens (tertiary/aromatic N) is 1. The van der Waals surface area contributed by atoms with Gasteiger partial charge >= 0.3 is 6.09 Å². The maximum atomic E-state index is 12.6. The van der Waals surface area contributed by atoms with Gasteiger partial charge in [-0.25, -0.2) is 9.78 Å². The van der Waals surface area contributed by atoms with Crippen LogP contribution in [0.3, 0.4) is 0 Å². The molecule has 0 aliphatic carbocycles. The SMILES string of the molecule is COC(=O)Nc1ccc2c(c1)NC(=O)C(C)CCCC[C@H](N)c1nc-2c[nH]1. The number of methoxy groups -OCH3 is 1. The van der Waals surface area contributed by atoms with E-state index in [9.17, 15) is 9.59 Å². The molecule has 2 atom stereocenters. The van der Waals surface area contributed by atoms with E-state index in [1.54, 1.807) is 24.4 Å². The number of aromatic amines is 1. The van der Waals surface area contributed by atoms with E-state index in [-0.39, 0.29) is 17.9 Å². The Kier molecular flexibility index (Phi) is 5.75. The summed E-state index contributed by atoms with van der Waals surface area (Å²) in [6.45, 7) is 1.91. The fourth-order valence-electron chi connectivity index (χ4n) is 3.12. The van der Waals surface area contributed by atoms with Crippen LogP contribution in [0.15, 0.2) is 24.4 Å². The summed E-state index contributed by atoms with van der Waals surface area (Å²) in [5, 5.41) is 5.59. The predicted octanol–water partition coefficient (Wildman–Crippen LogP) is 3.40. The number of nitrogens with one attached hydrogen (secondary N) is 3. The number of benzene rings is 1. The van der Waals surface area contributed by atoms with Gasteiger partial charge in [-0.3, -0.25) is 10.1 Å². The lowest BCUT2D eigenvalue weighted by atomic mass is 10.00. The van der Waals surface area contributed by atoms with Crippen LogP contribution in [0.25, 0.3) is 11.3 Å². The number of H-pyrrole nitrogens is 1. The fraction of sp³-hybridized carbons (Fsp3) is 0.421. The van der Waals surface area contributed by atoms with E-state index in [0.717, 1.165) is 37.1 Å². The third-order valence-corrected chi connectivity index (χ3v) is 4.78. The summed E-state index contributed by atoms with van der Waals surface area (Å²) in [6.07, 6.45) is 4.67. The van der Waals surface area contributed by atoms with E-state index >= 15 is 0 Å². The monoisotopic (exact) mass is 371 g/mol. The van der Waals surface area contributed by atoms with E-state index in [2.05, 4.69) is 25.3 Å². The molecule has 3 rings (SSSR count). The predicted molar refractivity (Wildman–Crippen MR) is 103 cm³/mol. The van der Waals surface area contributed by atoms with E-state index in [1.807, 2.05) is 6.92 Å². The average Bonchev–Trinajstić information content (AvgIpc) is 3.14. The number of amides is 2. The van der Waals surface area contributed by atoms with Gasteiger partial charge in [0.1, 0.15) is 5.82 Å². The van der Waals surface area contributed by atoms with Gasteiger partial charge in [0.2, 0.25) is 5.91 Å². The number of nitrogens with two attached hydrogens (primary N) is 1. The van der Waals surface area contributed by atoms with Crippen molar-refractivity contribution in [3.63, 3.8) is 0 Å². The van der Waals surface area contributed by atoms with Gasteiger partial charge in [0, 0.05) is 23.4 Å². The lowest BCUT2D eigenvalue weighted by Crippen LogP contribution is -2.21. The van der Waals surface area contributed by atoms with Crippen LogP contribution < -0.4 is 16.4 Å². The third-order valence-electron chi connectivity index (χ3n) is 4.78. The number of fused-ring (bicyclic) bond motifs is 4. The first-order chi connectivity index (χ1) is 13.0. The van der Waals surface area contributed by atoms with Gasteiger partial charge in [0.25, 0.3) is 0 Å². The van der Waals surface area contributed by atoms with Crippen LogP contribution in [0, 0.1) is 5.92 Å². The Morgan fingerprint density at radius 3 is 2.89 bits per heavy atom. The average molecular weight is 371 g/mol. The Labute approximate surface area is 157 Å². The van der Waals surface area contributed by atoms with Gasteiger partial charge in [0.15, 0.2) is 0 Å². The summed E-state index contributed by atoms with van der Waals surface area (Å²) in [4.78, 5) is 31.9. The fourth-order valence-corrected chi connectivity index (χ4v) is 3.12. The molecule has 1 unspecified atom stereocenters. The highest BCUT2D eigenvalue weighted by Gasteiger charge is 2.19. The van der Waals surface area contributed by atoms with E-state index < -0.39 is 6.09 Å². The molecular formula is C19H25N5O3. The Morgan fingerprint density at radius 2 is 2.11 bits per heavy atom. The second-order valence-corrected chi connectivity index (χ2v) is 6.83. The molecule has 0 spiro atoms. The van der Waals surface area contributed by atoms with Crippen LogP contribution in [-0.4, -0.2) is 29.1 Å². The number of imidazole rings is 1. The van der Waals surface area contributed by atoms with Crippen LogP contribution >= 0.6 is 0 Å². The highest BCUT2D eigenvalue weighted by molar-refractivity contribution is 5.98. The number of ether oxygens (including phenoxy) is 1. The molecule has 1 aliphatic rings. The van der Waals surface area contributed by atoms with Crippen molar-refractivity contribution in [1.29, 1.82) is 0 Å². The van der Waals surface area contributed by atoms with E-state index in [4.69, 9.17) is 5.73 Å². The summed E-state index contributed by atoms with van der Waals surface area (Å²) < 4.78 is 4.63. The van der Waals surface area contributed by atoms with Crippen molar-refractivity contribution in [3.8, 4) is 11.3 Å². The van der Waals surface area contributed by atoms with Gasteiger partial charge in [-0.05, 0) is 31.0 Å². The lowest BCUT2D eigenvalue weighted by Gasteiger charge is -2.15. The van der Waals surface area contributed by atoms with Crippen molar-refractivity contribution in [2.45, 2.75) is 38.6 Å². The van der Waals surface area contributed by atoms with Gasteiger partial charge in [-0.2, -0.15) is 0 Å². The molecule has 144 valence electrons. The molecular weight excluding hydrogens is 346 g/mol. The lowest BCUT2D eigenvalue weighted by molar-refractivity contribution is -0.119. The van der Waals surface area contributed by atoms with E-state index in [1.165, 1.54) is 7.11 Å². The second kappa shape index (κ2) is 8.22. The number of anilines is 2. The molecule has 0 radical (unpaired) electrons. The highest BCUT2D eigenvalue weighted by Crippen LogP contribution is 2.32. The summed E-state index contributed by atoms with van der Waals surface area (Å²) in [5.41, 5.74) is 8.77. The van der Waals surface area contributed by atoms with Crippen LogP contribution in [0.4, 0.5) is 16.2 Å². The Balaban J connectivity index is 2.01. The highest BCUT2D eigenvalue weighted by atomic mass is 16.5. The first-order valence-corrected chi connectivity index (χ1v) is 9.09. The molecule has 2 bridgehead atoms. The smallest absolute Gasteiger partial charge is 0.411 e. The quantitative estimate of drug-likeness (QED) is 0.612. The third kappa shape index (κ3) is 4.46. The van der Waals surface area contributed by atoms with Crippen LogP contribution in [-0.2, 0) is 9.53 Å². The Hall–Kier alpha value is -2.87. The first kappa shape index (κ1) is 18.9. The van der Waals surface area contributed by atoms with Crippen LogP contribution in [0.5, 0.6) is 0 Å². The largest absolute Gasteiger partial charge is 0.453 e. The molecule has 1 aromatic heterocycles. The van der Waals surface area contributed by atoms with Crippen molar-refractivity contribution in [1.82, 2.24) is 9.97 Å². The molecule has 1 aliphatic heterocycles. The topological polar surface area (TPSA) is 122 Å². The standard InChI is InChI=1S/C19H25N5O3/c1-11-5-3-4-6-14(20)17-21-10-16(23-17)13-8-7-12(22-19(26)27-2)9-15(13)24-18(11)25/h7-11,14H,3-6,20H2,1-2H3,(H,21,23)(H,22,26)(H,24,25)/t11?,14-/m0/s1. The second-order valence-electron chi connectivity index (χ2n) is 6.83. The number of hydrogen-bond acceptors (Lipinski definition) is 5. The summed E-state index contributed by atoms with van der Waals surface area (Å²) >= 11 is 0. The molecule has 2 aromatic rings. The van der Waals surface area contributed by atoms with Crippen molar-refractivity contribution in [3.05, 3.63) is 30.2 Å². The molecule has 1 aromatic carbocycles. The van der Waals surface area contributed by atoms with E-state index in [0.29, 0.717) is 17.1 Å². The molecule has 2 heterocycles. The van der Waals surface area contributed by atoms with Gasteiger partial charge in [-0.15, -0.1) is 0 Å². The Morgan fingerprint density at radius 1 is 1.33 bits per heavy atom. The zero-order valence-electron chi connectivity index (χ0n) is 15.5.